The van der Waals surface area contributed by atoms with Crippen LogP contribution in [0.5, 0.6) is 0 Å². The highest BCUT2D eigenvalue weighted by Gasteiger charge is 2.24. The lowest BCUT2D eigenvalue weighted by atomic mass is 10.1. The van der Waals surface area contributed by atoms with Crippen molar-refractivity contribution < 1.29 is 22.0 Å². The number of hydrogen-bond donors (Lipinski definition) is 1. The number of anilines is 1. The summed E-state index contributed by atoms with van der Waals surface area (Å²) in [7, 11) is -3.89. The number of rotatable bonds is 6. The van der Waals surface area contributed by atoms with Crippen molar-refractivity contribution in [1.82, 2.24) is 5.32 Å². The molecule has 1 aromatic rings. The van der Waals surface area contributed by atoms with Gasteiger partial charge in [-0.2, -0.15) is 0 Å². The third kappa shape index (κ3) is 4.94. The van der Waals surface area contributed by atoms with Crippen LogP contribution in [0.2, 0.25) is 0 Å². The van der Waals surface area contributed by atoms with Gasteiger partial charge in [0.1, 0.15) is 18.2 Å². The third-order valence-corrected chi connectivity index (χ3v) is 4.38. The first-order valence-electron chi connectivity index (χ1n) is 6.74. The predicted octanol–water partition coefficient (Wildman–Crippen LogP) is 1.89. The van der Waals surface area contributed by atoms with E-state index in [1.54, 1.807) is 6.92 Å². The van der Waals surface area contributed by atoms with Crippen molar-refractivity contribution in [2.45, 2.75) is 26.8 Å². The van der Waals surface area contributed by atoms with Gasteiger partial charge in [0, 0.05) is 12.1 Å². The zero-order chi connectivity index (χ0) is 17.1. The number of halogens is 2. The Morgan fingerprint density at radius 2 is 1.86 bits per heavy atom. The molecular weight excluding hydrogens is 314 g/mol. The van der Waals surface area contributed by atoms with Crippen LogP contribution < -0.4 is 9.62 Å². The van der Waals surface area contributed by atoms with E-state index in [2.05, 4.69) is 5.32 Å². The number of nitrogens with zero attached hydrogens (tertiary/aromatic N) is 1. The van der Waals surface area contributed by atoms with Crippen LogP contribution >= 0.6 is 0 Å². The second-order valence-electron chi connectivity index (χ2n) is 5.47. The van der Waals surface area contributed by atoms with Crippen molar-refractivity contribution in [3.63, 3.8) is 0 Å². The van der Waals surface area contributed by atoms with Gasteiger partial charge in [-0.25, -0.2) is 17.2 Å². The molecule has 0 fully saturated rings. The van der Waals surface area contributed by atoms with Gasteiger partial charge in [0.25, 0.3) is 0 Å². The van der Waals surface area contributed by atoms with Gasteiger partial charge < -0.3 is 5.32 Å². The Balaban J connectivity index is 3.03. The van der Waals surface area contributed by atoms with Crippen molar-refractivity contribution in [2.24, 2.45) is 5.92 Å². The van der Waals surface area contributed by atoms with Crippen LogP contribution in [0.4, 0.5) is 14.5 Å². The SMILES string of the molecule is CC(C)C(C)NC(=O)CN(c1ccc(F)cc1F)S(C)(=O)=O. The molecule has 1 atom stereocenters. The van der Waals surface area contributed by atoms with Gasteiger partial charge in [0.15, 0.2) is 0 Å². The smallest absolute Gasteiger partial charge is 0.240 e. The van der Waals surface area contributed by atoms with Crippen LogP contribution in [-0.4, -0.2) is 33.2 Å². The molecule has 0 bridgehead atoms. The summed E-state index contributed by atoms with van der Waals surface area (Å²) in [5.41, 5.74) is -0.365. The fraction of sp³-hybridized carbons (Fsp3) is 0.500. The minimum atomic E-state index is -3.89. The fourth-order valence-corrected chi connectivity index (χ4v) is 2.52. The molecule has 1 amide bonds. The van der Waals surface area contributed by atoms with Gasteiger partial charge in [0.2, 0.25) is 15.9 Å². The molecule has 5 nitrogen and oxygen atoms in total. The summed E-state index contributed by atoms with van der Waals surface area (Å²) in [6, 6.07) is 2.34. The highest BCUT2D eigenvalue weighted by atomic mass is 32.2. The van der Waals surface area contributed by atoms with Gasteiger partial charge in [-0.05, 0) is 25.0 Å². The number of hydrogen-bond acceptors (Lipinski definition) is 3. The third-order valence-electron chi connectivity index (χ3n) is 3.25. The first-order chi connectivity index (χ1) is 10.0. The Morgan fingerprint density at radius 1 is 1.27 bits per heavy atom. The molecule has 124 valence electrons. The van der Waals surface area contributed by atoms with E-state index in [1.165, 1.54) is 0 Å². The molecular formula is C14H20F2N2O3S. The molecule has 22 heavy (non-hydrogen) atoms. The molecule has 0 saturated heterocycles. The number of carbonyl (C=O) groups is 1. The molecule has 1 unspecified atom stereocenters. The second-order valence-corrected chi connectivity index (χ2v) is 7.37. The average Bonchev–Trinajstić information content (AvgIpc) is 2.35. The maximum absolute atomic E-state index is 13.8. The van der Waals surface area contributed by atoms with Crippen LogP contribution in [0.15, 0.2) is 18.2 Å². The molecule has 0 aliphatic carbocycles. The molecule has 1 aromatic carbocycles. The van der Waals surface area contributed by atoms with Crippen LogP contribution in [0.1, 0.15) is 20.8 Å². The quantitative estimate of drug-likeness (QED) is 0.864. The highest BCUT2D eigenvalue weighted by molar-refractivity contribution is 7.92. The van der Waals surface area contributed by atoms with E-state index in [-0.39, 0.29) is 17.6 Å². The van der Waals surface area contributed by atoms with Gasteiger partial charge in [-0.3, -0.25) is 9.10 Å². The van der Waals surface area contributed by atoms with Crippen molar-refractivity contribution >= 4 is 21.6 Å². The highest BCUT2D eigenvalue weighted by Crippen LogP contribution is 2.22. The maximum atomic E-state index is 13.8. The summed E-state index contributed by atoms with van der Waals surface area (Å²) in [5, 5.41) is 2.64. The summed E-state index contributed by atoms with van der Waals surface area (Å²) < 4.78 is 51.0. The monoisotopic (exact) mass is 334 g/mol. The van der Waals surface area contributed by atoms with E-state index in [4.69, 9.17) is 0 Å². The summed E-state index contributed by atoms with van der Waals surface area (Å²) in [6.45, 7) is 5.02. The maximum Gasteiger partial charge on any atom is 0.240 e. The molecule has 0 aromatic heterocycles. The number of nitrogens with one attached hydrogen (secondary N) is 1. The normalized spacial score (nSPS) is 13.0. The topological polar surface area (TPSA) is 66.5 Å². The Labute approximate surface area is 129 Å². The van der Waals surface area contributed by atoms with E-state index in [0.29, 0.717) is 10.4 Å². The molecule has 0 aliphatic heterocycles. The molecule has 8 heteroatoms. The molecule has 0 heterocycles. The first-order valence-corrected chi connectivity index (χ1v) is 8.59. The number of amides is 1. The van der Waals surface area contributed by atoms with Gasteiger partial charge in [-0.1, -0.05) is 13.8 Å². The molecule has 1 N–H and O–H groups in total. The molecule has 0 spiro atoms. The van der Waals surface area contributed by atoms with Crippen molar-refractivity contribution in [1.29, 1.82) is 0 Å². The van der Waals surface area contributed by atoms with E-state index < -0.39 is 34.1 Å². The standard InChI is InChI=1S/C14H20F2N2O3S/c1-9(2)10(3)17-14(19)8-18(22(4,20)21)13-6-5-11(15)7-12(13)16/h5-7,9-10H,8H2,1-4H3,(H,17,19). The molecule has 0 aliphatic rings. The lowest BCUT2D eigenvalue weighted by Gasteiger charge is -2.24. The minimum Gasteiger partial charge on any atom is -0.352 e. The Hall–Kier alpha value is -1.70. The average molecular weight is 334 g/mol. The van der Waals surface area contributed by atoms with Crippen molar-refractivity contribution in [2.75, 3.05) is 17.1 Å². The zero-order valence-corrected chi connectivity index (χ0v) is 13.7. The van der Waals surface area contributed by atoms with Gasteiger partial charge >= 0.3 is 0 Å². The number of benzene rings is 1. The van der Waals surface area contributed by atoms with E-state index in [1.807, 2.05) is 13.8 Å². The first kappa shape index (κ1) is 18.3. The summed E-state index contributed by atoms with van der Waals surface area (Å²) >= 11 is 0. The van der Waals surface area contributed by atoms with Crippen molar-refractivity contribution in [3.05, 3.63) is 29.8 Å². The van der Waals surface area contributed by atoms with Crippen LogP contribution in [0.3, 0.4) is 0 Å². The van der Waals surface area contributed by atoms with Crippen LogP contribution in [0.25, 0.3) is 0 Å². The van der Waals surface area contributed by atoms with Crippen molar-refractivity contribution in [3.8, 4) is 0 Å². The Morgan fingerprint density at radius 3 is 2.32 bits per heavy atom. The van der Waals surface area contributed by atoms with E-state index >= 15 is 0 Å². The molecule has 0 saturated carbocycles. The number of carbonyl (C=O) groups excluding carboxylic acids is 1. The summed E-state index contributed by atoms with van der Waals surface area (Å²) in [4.78, 5) is 12.0. The predicted molar refractivity (Wildman–Crippen MR) is 81.0 cm³/mol. The Kier molecular flexibility index (Phi) is 5.87. The second kappa shape index (κ2) is 7.04. The molecule has 1 rings (SSSR count). The zero-order valence-electron chi connectivity index (χ0n) is 12.9. The summed E-state index contributed by atoms with van der Waals surface area (Å²) in [5.74, 6) is -2.27. The van der Waals surface area contributed by atoms with Gasteiger partial charge in [-0.15, -0.1) is 0 Å². The molecule has 0 radical (unpaired) electrons. The van der Waals surface area contributed by atoms with Crippen LogP contribution in [0, 0.1) is 17.6 Å². The lowest BCUT2D eigenvalue weighted by Crippen LogP contribution is -2.44. The number of sulfonamides is 1. The summed E-state index contributed by atoms with van der Waals surface area (Å²) in [6.07, 6.45) is 0.856. The lowest BCUT2D eigenvalue weighted by molar-refractivity contribution is -0.120. The fourth-order valence-electron chi connectivity index (χ4n) is 1.66. The Bertz CT molecular complexity index is 647. The van der Waals surface area contributed by atoms with E-state index in [0.717, 1.165) is 18.4 Å². The van der Waals surface area contributed by atoms with E-state index in [9.17, 15) is 22.0 Å². The minimum absolute atomic E-state index is 0.160. The van der Waals surface area contributed by atoms with Gasteiger partial charge in [0.05, 0.1) is 11.9 Å². The van der Waals surface area contributed by atoms with Crippen LogP contribution in [-0.2, 0) is 14.8 Å². The largest absolute Gasteiger partial charge is 0.352 e.